The van der Waals surface area contributed by atoms with Crippen molar-refractivity contribution in [3.63, 3.8) is 0 Å². The normalized spacial score (nSPS) is 18.5. The Morgan fingerprint density at radius 2 is 1.82 bits per heavy atom. The zero-order valence-electron chi connectivity index (χ0n) is 15.3. The van der Waals surface area contributed by atoms with Crippen LogP contribution >= 0.6 is 0 Å². The van der Waals surface area contributed by atoms with Crippen LogP contribution in [-0.2, 0) is 23.3 Å². The molecular weight excluding hydrogens is 360 g/mol. The summed E-state index contributed by atoms with van der Waals surface area (Å²) in [6.45, 7) is 13.6. The summed E-state index contributed by atoms with van der Waals surface area (Å²) in [6, 6.07) is 0. The third-order valence-corrected chi connectivity index (χ3v) is 3.40. The maximum absolute atomic E-state index is 3.53. The van der Waals surface area contributed by atoms with Gasteiger partial charge in [0.25, 0.3) is 0 Å². The predicted octanol–water partition coefficient (Wildman–Crippen LogP) is 6.37. The molecule has 2 heteroatoms. The molecule has 0 radical (unpaired) electrons. The topological polar surface area (TPSA) is 0 Å². The van der Waals surface area contributed by atoms with Crippen molar-refractivity contribution in [2.75, 3.05) is 0 Å². The van der Waals surface area contributed by atoms with Gasteiger partial charge >= 0.3 is 41.9 Å². The smallest absolute Gasteiger partial charge is 0.109 e. The van der Waals surface area contributed by atoms with Gasteiger partial charge in [-0.2, -0.15) is 17.2 Å². The van der Waals surface area contributed by atoms with Crippen LogP contribution in [0.4, 0.5) is 0 Å². The molecule has 0 spiro atoms. The van der Waals surface area contributed by atoms with Crippen LogP contribution in [0.15, 0.2) is 34.9 Å². The second-order valence-corrected chi connectivity index (χ2v) is 15.4. The minimum absolute atomic E-state index is 0.210. The van der Waals surface area contributed by atoms with E-state index in [1.54, 1.807) is 34.5 Å². The molecule has 22 heavy (non-hydrogen) atoms. The van der Waals surface area contributed by atoms with Gasteiger partial charge in [-0.3, -0.25) is 12.2 Å². The molecular formula is C20H32SiZr. The van der Waals surface area contributed by atoms with E-state index >= 15 is 0 Å². The van der Waals surface area contributed by atoms with Crippen LogP contribution in [0.1, 0.15) is 59.8 Å². The minimum atomic E-state index is 0.210. The van der Waals surface area contributed by atoms with Crippen molar-refractivity contribution >= 4 is 5.43 Å². The summed E-state index contributed by atoms with van der Waals surface area (Å²) in [4.78, 5) is 0. The second kappa shape index (κ2) is 13.5. The molecule has 0 fully saturated rings. The van der Waals surface area contributed by atoms with Gasteiger partial charge in [0.1, 0.15) is 0 Å². The van der Waals surface area contributed by atoms with E-state index in [4.69, 9.17) is 0 Å². The standard InChI is InChI=1S/C13H21.C5H5.C2H6Si.Zr/c1-5-7-12-10(3)9-11(4)13(12)8-6-2;1-2-4-5-3-1;1-3-2;/h10H,5-8H2,1-4H3;1-3H,4H2;1-2H3;/q2*-1;;+2. The third kappa shape index (κ3) is 9.95. The molecule has 0 nitrogen and oxygen atoms in total. The van der Waals surface area contributed by atoms with E-state index in [2.05, 4.69) is 59.0 Å². The summed E-state index contributed by atoms with van der Waals surface area (Å²) in [5, 5.41) is 0. The van der Waals surface area contributed by atoms with Crippen LogP contribution in [0.3, 0.4) is 0 Å². The van der Waals surface area contributed by atoms with Gasteiger partial charge in [0.05, 0.1) is 0 Å². The maximum Gasteiger partial charge on any atom is -0.109 e. The summed E-state index contributed by atoms with van der Waals surface area (Å²) in [7, 11) is 0. The van der Waals surface area contributed by atoms with Gasteiger partial charge < -0.3 is 0 Å². The van der Waals surface area contributed by atoms with Gasteiger partial charge in [0, 0.05) is 0 Å². The first-order valence-electron chi connectivity index (χ1n) is 8.49. The minimum Gasteiger partial charge on any atom is -0.273 e. The van der Waals surface area contributed by atoms with Crippen LogP contribution in [0, 0.1) is 18.1 Å². The first-order chi connectivity index (χ1) is 10.4. The van der Waals surface area contributed by atoms with Crippen LogP contribution in [0.5, 0.6) is 0 Å². The first-order valence-corrected chi connectivity index (χ1v) is 14.7. The van der Waals surface area contributed by atoms with Gasteiger partial charge in [0.15, 0.2) is 0 Å². The van der Waals surface area contributed by atoms with Gasteiger partial charge in [-0.15, -0.1) is 6.42 Å². The van der Waals surface area contributed by atoms with Crippen LogP contribution in [-0.4, -0.2) is 5.43 Å². The maximum atomic E-state index is 3.53. The molecule has 0 bridgehead atoms. The molecule has 0 heterocycles. The van der Waals surface area contributed by atoms with E-state index in [9.17, 15) is 0 Å². The average Bonchev–Trinajstić information content (AvgIpc) is 3.07. The molecule has 0 amide bonds. The van der Waals surface area contributed by atoms with Crippen molar-refractivity contribution in [1.82, 2.24) is 0 Å². The molecule has 1 atom stereocenters. The van der Waals surface area contributed by atoms with Crippen molar-refractivity contribution in [2.24, 2.45) is 5.92 Å². The zero-order valence-corrected chi connectivity index (χ0v) is 18.8. The van der Waals surface area contributed by atoms with E-state index in [-0.39, 0.29) is 5.43 Å². The van der Waals surface area contributed by atoms with Crippen molar-refractivity contribution in [1.29, 1.82) is 0 Å². The van der Waals surface area contributed by atoms with E-state index in [0.717, 1.165) is 6.42 Å². The van der Waals surface area contributed by atoms with E-state index in [0.29, 0.717) is 5.92 Å². The molecule has 2 aliphatic carbocycles. The fourth-order valence-electron chi connectivity index (χ4n) is 2.58. The molecule has 0 aromatic rings. The second-order valence-electron chi connectivity index (χ2n) is 6.00. The monoisotopic (exact) mass is 390 g/mol. The molecule has 0 saturated heterocycles. The van der Waals surface area contributed by atoms with E-state index in [1.807, 2.05) is 12.2 Å². The van der Waals surface area contributed by atoms with Gasteiger partial charge in [-0.25, -0.2) is 17.7 Å². The molecule has 120 valence electrons. The Morgan fingerprint density at radius 3 is 2.18 bits per heavy atom. The van der Waals surface area contributed by atoms with Gasteiger partial charge in [-0.1, -0.05) is 52.9 Å². The number of hydrogen-bond donors (Lipinski definition) is 0. The molecule has 0 N–H and O–H groups in total. The largest absolute Gasteiger partial charge is 0.273 e. The number of allylic oxidation sites excluding steroid dienone is 8. The van der Waals surface area contributed by atoms with Crippen molar-refractivity contribution < 1.29 is 23.3 Å². The Morgan fingerprint density at radius 1 is 1.23 bits per heavy atom. The molecule has 0 aromatic heterocycles. The summed E-state index contributed by atoms with van der Waals surface area (Å²) in [5.74, 6) is 0.585. The molecule has 1 unspecified atom stereocenters. The van der Waals surface area contributed by atoms with Gasteiger partial charge in [0.2, 0.25) is 0 Å². The molecule has 2 aliphatic rings. The van der Waals surface area contributed by atoms with E-state index < -0.39 is 0 Å². The predicted molar refractivity (Wildman–Crippen MR) is 97.5 cm³/mol. The molecule has 2 rings (SSSR count). The molecule has 0 saturated carbocycles. The molecule has 0 aromatic carbocycles. The summed E-state index contributed by atoms with van der Waals surface area (Å²) in [6.07, 6.45) is 18.6. The van der Waals surface area contributed by atoms with Crippen LogP contribution in [0.25, 0.3) is 0 Å². The van der Waals surface area contributed by atoms with Crippen LogP contribution in [0.2, 0.25) is 13.1 Å². The summed E-state index contributed by atoms with van der Waals surface area (Å²) >= 11 is 1.74. The quantitative estimate of drug-likeness (QED) is 0.385. The van der Waals surface area contributed by atoms with Crippen molar-refractivity contribution in [2.45, 2.75) is 72.9 Å². The third-order valence-electron chi connectivity index (χ3n) is 3.40. The Bertz CT molecular complexity index is 438. The Labute approximate surface area is 154 Å². The first kappa shape index (κ1) is 22.1. The Balaban J connectivity index is 0.000000400. The number of hydrogen-bond acceptors (Lipinski definition) is 0. The van der Waals surface area contributed by atoms with Crippen LogP contribution < -0.4 is 0 Å². The average molecular weight is 392 g/mol. The van der Waals surface area contributed by atoms with Gasteiger partial charge in [-0.05, 0) is 6.42 Å². The zero-order chi connectivity index (χ0) is 17.0. The Kier molecular flexibility index (Phi) is 13.5. The van der Waals surface area contributed by atoms with Crippen molar-refractivity contribution in [3.05, 3.63) is 47.1 Å². The summed E-state index contributed by atoms with van der Waals surface area (Å²) < 4.78 is 0. The van der Waals surface area contributed by atoms with Crippen molar-refractivity contribution in [3.8, 4) is 0 Å². The Hall–Kier alpha value is 0.0600. The number of rotatable bonds is 4. The molecule has 0 aliphatic heterocycles. The fraction of sp³-hybridized carbons (Fsp3) is 0.600. The fourth-order valence-corrected chi connectivity index (χ4v) is 2.58. The van der Waals surface area contributed by atoms with E-state index in [1.165, 1.54) is 31.3 Å². The SMILES string of the molecule is CCCC1=C(CCC)C(C)[C-]=C1C.C[Si](C)=[Zr+2].[C-]1=CC=CC1. The summed E-state index contributed by atoms with van der Waals surface area (Å²) in [5.41, 5.74) is 4.89.